The molecule has 0 fully saturated rings. The molecule has 0 radical (unpaired) electrons. The number of hydrogen-bond donors (Lipinski definition) is 1. The highest BCUT2D eigenvalue weighted by atomic mass is 35.5. The minimum Gasteiger partial charge on any atom is -0.495 e. The Kier molecular flexibility index (Phi) is 4.21. The Balaban J connectivity index is 3.05. The van der Waals surface area contributed by atoms with Crippen molar-refractivity contribution < 1.29 is 22.3 Å². The third-order valence-electron chi connectivity index (χ3n) is 2.24. The van der Waals surface area contributed by atoms with Gasteiger partial charge in [-0.3, -0.25) is 0 Å². The van der Waals surface area contributed by atoms with E-state index < -0.39 is 18.4 Å². The van der Waals surface area contributed by atoms with E-state index in [0.717, 1.165) is 6.07 Å². The maximum Gasteiger partial charge on any atom is 0.326 e. The van der Waals surface area contributed by atoms with E-state index in [2.05, 4.69) is 0 Å². The summed E-state index contributed by atoms with van der Waals surface area (Å²) >= 11 is 5.69. The highest BCUT2D eigenvalue weighted by Gasteiger charge is 2.47. The molecule has 0 aliphatic rings. The zero-order chi connectivity index (χ0) is 13.2. The van der Waals surface area contributed by atoms with Gasteiger partial charge in [-0.25, -0.2) is 8.78 Å². The van der Waals surface area contributed by atoms with E-state index in [9.17, 15) is 17.6 Å². The monoisotopic (exact) mass is 271 g/mol. The lowest BCUT2D eigenvalue weighted by Gasteiger charge is -2.23. The fourth-order valence-corrected chi connectivity index (χ4v) is 1.50. The average molecular weight is 272 g/mol. The standard InChI is InChI=1S/C10H10ClF4NO/c1-17-7-3-2-5(4-6(7)11)8(16)10(14,15)9(12)13/h2-4,8-9H,16H2,1H3. The molecule has 1 aromatic rings. The molecule has 0 heterocycles. The van der Waals surface area contributed by atoms with Crippen molar-refractivity contribution >= 4 is 11.6 Å². The van der Waals surface area contributed by atoms with E-state index in [1.165, 1.54) is 19.2 Å². The fourth-order valence-electron chi connectivity index (χ4n) is 1.23. The second kappa shape index (κ2) is 5.10. The molecule has 0 aromatic heterocycles. The minimum absolute atomic E-state index is 0.0329. The topological polar surface area (TPSA) is 35.2 Å². The number of benzene rings is 1. The summed E-state index contributed by atoms with van der Waals surface area (Å²) in [6, 6.07) is 1.43. The minimum atomic E-state index is -4.31. The van der Waals surface area contributed by atoms with Crippen LogP contribution >= 0.6 is 11.6 Å². The molecule has 2 N–H and O–H groups in total. The smallest absolute Gasteiger partial charge is 0.326 e. The van der Waals surface area contributed by atoms with E-state index in [4.69, 9.17) is 22.1 Å². The first-order valence-corrected chi connectivity index (χ1v) is 4.93. The molecule has 1 rings (SSSR count). The quantitative estimate of drug-likeness (QED) is 0.853. The first-order chi connectivity index (χ1) is 7.80. The van der Waals surface area contributed by atoms with Crippen molar-refractivity contribution in [2.24, 2.45) is 5.73 Å². The van der Waals surface area contributed by atoms with Crippen LogP contribution in [0.4, 0.5) is 17.6 Å². The Morgan fingerprint density at radius 2 is 1.94 bits per heavy atom. The van der Waals surface area contributed by atoms with Gasteiger partial charge in [-0.05, 0) is 17.7 Å². The summed E-state index contributed by atoms with van der Waals surface area (Å²) in [5, 5.41) is 0.0329. The molecule has 0 saturated heterocycles. The molecule has 2 nitrogen and oxygen atoms in total. The summed E-state index contributed by atoms with van der Waals surface area (Å²) in [5.74, 6) is -4.05. The first kappa shape index (κ1) is 14.1. The van der Waals surface area contributed by atoms with E-state index in [-0.39, 0.29) is 16.3 Å². The van der Waals surface area contributed by atoms with Gasteiger partial charge in [0, 0.05) is 0 Å². The molecule has 96 valence electrons. The van der Waals surface area contributed by atoms with E-state index in [1.54, 1.807) is 0 Å². The van der Waals surface area contributed by atoms with Crippen molar-refractivity contribution in [2.75, 3.05) is 7.11 Å². The van der Waals surface area contributed by atoms with Crippen LogP contribution in [-0.4, -0.2) is 19.5 Å². The highest BCUT2D eigenvalue weighted by Crippen LogP contribution is 2.37. The van der Waals surface area contributed by atoms with Crippen LogP contribution in [0.1, 0.15) is 11.6 Å². The summed E-state index contributed by atoms with van der Waals surface area (Å²) in [6.45, 7) is 0. The molecular weight excluding hydrogens is 262 g/mol. The van der Waals surface area contributed by atoms with Crippen molar-refractivity contribution in [3.63, 3.8) is 0 Å². The lowest BCUT2D eigenvalue weighted by Crippen LogP contribution is -2.39. The third-order valence-corrected chi connectivity index (χ3v) is 2.54. The van der Waals surface area contributed by atoms with Gasteiger partial charge in [-0.2, -0.15) is 8.78 Å². The fraction of sp³-hybridized carbons (Fsp3) is 0.400. The zero-order valence-electron chi connectivity index (χ0n) is 8.76. The summed E-state index contributed by atoms with van der Waals surface area (Å²) in [4.78, 5) is 0. The predicted molar refractivity (Wildman–Crippen MR) is 55.9 cm³/mol. The number of alkyl halides is 4. The Morgan fingerprint density at radius 3 is 2.35 bits per heavy atom. The normalized spacial score (nSPS) is 13.9. The number of nitrogens with two attached hydrogens (primary N) is 1. The second-order valence-electron chi connectivity index (χ2n) is 3.35. The molecule has 0 saturated carbocycles. The molecule has 0 aliphatic carbocycles. The lowest BCUT2D eigenvalue weighted by atomic mass is 10.0. The van der Waals surface area contributed by atoms with Gasteiger partial charge >= 0.3 is 12.3 Å². The van der Waals surface area contributed by atoms with Gasteiger partial charge in [-0.1, -0.05) is 17.7 Å². The average Bonchev–Trinajstić information content (AvgIpc) is 2.27. The van der Waals surface area contributed by atoms with E-state index in [0.29, 0.717) is 0 Å². The van der Waals surface area contributed by atoms with Gasteiger partial charge in [0.25, 0.3) is 0 Å². The van der Waals surface area contributed by atoms with Crippen molar-refractivity contribution in [2.45, 2.75) is 18.4 Å². The molecule has 1 atom stereocenters. The van der Waals surface area contributed by atoms with Gasteiger partial charge < -0.3 is 10.5 Å². The van der Waals surface area contributed by atoms with Crippen LogP contribution in [0.3, 0.4) is 0 Å². The Hall–Kier alpha value is -1.01. The molecule has 0 spiro atoms. The lowest BCUT2D eigenvalue weighted by molar-refractivity contribution is -0.144. The molecule has 7 heteroatoms. The van der Waals surface area contributed by atoms with Gasteiger partial charge in [0.1, 0.15) is 11.8 Å². The molecule has 1 aromatic carbocycles. The van der Waals surface area contributed by atoms with Crippen LogP contribution in [0.5, 0.6) is 5.75 Å². The summed E-state index contributed by atoms with van der Waals surface area (Å²) in [6.07, 6.45) is -3.83. The van der Waals surface area contributed by atoms with Crippen LogP contribution in [-0.2, 0) is 0 Å². The predicted octanol–water partition coefficient (Wildman–Crippen LogP) is 3.25. The molecule has 17 heavy (non-hydrogen) atoms. The maximum atomic E-state index is 13.0. The molecule has 0 amide bonds. The highest BCUT2D eigenvalue weighted by molar-refractivity contribution is 6.32. The van der Waals surface area contributed by atoms with Gasteiger partial charge in [-0.15, -0.1) is 0 Å². The Bertz CT molecular complexity index is 400. The molecular formula is C10H10ClF4NO. The summed E-state index contributed by atoms with van der Waals surface area (Å²) < 4.78 is 55.0. The Labute approximate surface area is 100 Å². The number of ether oxygens (including phenoxy) is 1. The van der Waals surface area contributed by atoms with Crippen molar-refractivity contribution in [3.05, 3.63) is 28.8 Å². The second-order valence-corrected chi connectivity index (χ2v) is 3.75. The van der Waals surface area contributed by atoms with Gasteiger partial charge in [0.2, 0.25) is 0 Å². The van der Waals surface area contributed by atoms with Crippen LogP contribution in [0.2, 0.25) is 5.02 Å². The Morgan fingerprint density at radius 1 is 1.35 bits per heavy atom. The van der Waals surface area contributed by atoms with Crippen molar-refractivity contribution in [1.29, 1.82) is 0 Å². The van der Waals surface area contributed by atoms with Crippen LogP contribution in [0, 0.1) is 0 Å². The third kappa shape index (κ3) is 2.81. The number of halogens is 5. The van der Waals surface area contributed by atoms with Crippen molar-refractivity contribution in [3.8, 4) is 5.75 Å². The van der Waals surface area contributed by atoms with Gasteiger partial charge in [0.15, 0.2) is 0 Å². The number of hydrogen-bond acceptors (Lipinski definition) is 2. The molecule has 0 bridgehead atoms. The first-order valence-electron chi connectivity index (χ1n) is 4.55. The van der Waals surface area contributed by atoms with Gasteiger partial charge in [0.05, 0.1) is 12.1 Å². The van der Waals surface area contributed by atoms with Crippen LogP contribution in [0.15, 0.2) is 18.2 Å². The SMILES string of the molecule is COc1ccc(C(N)C(F)(F)C(F)F)cc1Cl. The number of methoxy groups -OCH3 is 1. The van der Waals surface area contributed by atoms with Crippen LogP contribution < -0.4 is 10.5 Å². The molecule has 1 unspecified atom stereocenters. The van der Waals surface area contributed by atoms with E-state index >= 15 is 0 Å². The zero-order valence-corrected chi connectivity index (χ0v) is 9.52. The largest absolute Gasteiger partial charge is 0.495 e. The van der Waals surface area contributed by atoms with Crippen molar-refractivity contribution in [1.82, 2.24) is 0 Å². The molecule has 0 aliphatic heterocycles. The number of rotatable bonds is 4. The summed E-state index contributed by atoms with van der Waals surface area (Å²) in [5.41, 5.74) is 4.93. The summed E-state index contributed by atoms with van der Waals surface area (Å²) in [7, 11) is 1.34. The van der Waals surface area contributed by atoms with Crippen LogP contribution in [0.25, 0.3) is 0 Å². The maximum absolute atomic E-state index is 13.0. The van der Waals surface area contributed by atoms with E-state index in [1.807, 2.05) is 0 Å².